The molecule has 0 fully saturated rings. The Morgan fingerprint density at radius 1 is 1.20 bits per heavy atom. The van der Waals surface area contributed by atoms with Crippen LogP contribution in [-0.2, 0) is 6.61 Å². The Morgan fingerprint density at radius 3 is 2.40 bits per heavy atom. The summed E-state index contributed by atoms with van der Waals surface area (Å²) >= 11 is 12.1. The molecule has 104 valence electrons. The monoisotopic (exact) mass is 310 g/mol. The highest BCUT2D eigenvalue weighted by Gasteiger charge is 2.09. The van der Waals surface area contributed by atoms with Gasteiger partial charge in [0.05, 0.1) is 5.56 Å². The first-order chi connectivity index (χ1) is 9.49. The van der Waals surface area contributed by atoms with Crippen molar-refractivity contribution in [3.63, 3.8) is 0 Å². The third-order valence-corrected chi connectivity index (χ3v) is 3.58. The van der Waals surface area contributed by atoms with Gasteiger partial charge in [-0.2, -0.15) is 0 Å². The Morgan fingerprint density at radius 2 is 1.85 bits per heavy atom. The van der Waals surface area contributed by atoms with Crippen molar-refractivity contribution in [1.82, 2.24) is 0 Å². The predicted octanol–water partition coefficient (Wildman–Crippen LogP) is 4.58. The zero-order chi connectivity index (χ0) is 14.7. The van der Waals surface area contributed by atoms with Gasteiger partial charge in [-0.25, -0.2) is 4.79 Å². The Hall–Kier alpha value is -1.71. The number of benzene rings is 2. The second kappa shape index (κ2) is 6.16. The molecule has 0 spiro atoms. The molecule has 0 amide bonds. The summed E-state index contributed by atoms with van der Waals surface area (Å²) in [6.07, 6.45) is 0. The molecule has 0 aliphatic heterocycles. The van der Waals surface area contributed by atoms with Gasteiger partial charge in [-0.15, -0.1) is 0 Å². The molecule has 0 heterocycles. The van der Waals surface area contributed by atoms with Crippen LogP contribution in [-0.4, -0.2) is 11.1 Å². The highest BCUT2D eigenvalue weighted by Crippen LogP contribution is 2.26. The predicted molar refractivity (Wildman–Crippen MR) is 78.9 cm³/mol. The van der Waals surface area contributed by atoms with E-state index >= 15 is 0 Å². The van der Waals surface area contributed by atoms with Crippen LogP contribution in [0.15, 0.2) is 36.4 Å². The van der Waals surface area contributed by atoms with Gasteiger partial charge in [0.2, 0.25) is 0 Å². The Bertz CT molecular complexity index is 633. The Balaban J connectivity index is 2.16. The molecule has 0 unspecified atom stereocenters. The van der Waals surface area contributed by atoms with Crippen molar-refractivity contribution < 1.29 is 14.6 Å². The van der Waals surface area contributed by atoms with Crippen LogP contribution in [0.4, 0.5) is 0 Å². The molecule has 2 aromatic rings. The van der Waals surface area contributed by atoms with E-state index in [-0.39, 0.29) is 12.2 Å². The number of carboxylic acid groups (broad SMARTS) is 1. The van der Waals surface area contributed by atoms with Crippen LogP contribution in [0.2, 0.25) is 10.0 Å². The van der Waals surface area contributed by atoms with Crippen molar-refractivity contribution in [3.8, 4) is 5.75 Å². The first kappa shape index (κ1) is 14.7. The van der Waals surface area contributed by atoms with E-state index in [1.807, 2.05) is 0 Å². The number of hydrogen-bond acceptors (Lipinski definition) is 2. The van der Waals surface area contributed by atoms with Crippen LogP contribution in [0.1, 0.15) is 21.5 Å². The van der Waals surface area contributed by atoms with E-state index < -0.39 is 5.97 Å². The van der Waals surface area contributed by atoms with Crippen LogP contribution in [0.3, 0.4) is 0 Å². The molecule has 0 aliphatic rings. The van der Waals surface area contributed by atoms with Crippen molar-refractivity contribution in [2.45, 2.75) is 13.5 Å². The zero-order valence-electron chi connectivity index (χ0n) is 10.7. The number of carbonyl (C=O) groups is 1. The van der Waals surface area contributed by atoms with Crippen molar-refractivity contribution in [3.05, 3.63) is 63.1 Å². The smallest absolute Gasteiger partial charge is 0.335 e. The van der Waals surface area contributed by atoms with E-state index in [9.17, 15) is 4.79 Å². The molecule has 0 atom stereocenters. The number of rotatable bonds is 4. The second-order valence-corrected chi connectivity index (χ2v) is 5.09. The molecule has 3 nitrogen and oxygen atoms in total. The molecule has 0 aliphatic carbocycles. The van der Waals surface area contributed by atoms with Gasteiger partial charge in [0.1, 0.15) is 12.4 Å². The summed E-state index contributed by atoms with van der Waals surface area (Å²) in [5.41, 5.74) is 1.60. The van der Waals surface area contributed by atoms with Gasteiger partial charge in [-0.05, 0) is 42.8 Å². The van der Waals surface area contributed by atoms with Crippen molar-refractivity contribution >= 4 is 29.2 Å². The number of carboxylic acids is 1. The quantitative estimate of drug-likeness (QED) is 0.899. The highest BCUT2D eigenvalue weighted by atomic mass is 35.5. The van der Waals surface area contributed by atoms with E-state index in [4.69, 9.17) is 33.0 Å². The lowest BCUT2D eigenvalue weighted by atomic mass is 10.1. The van der Waals surface area contributed by atoms with Crippen LogP contribution in [0.25, 0.3) is 0 Å². The summed E-state index contributed by atoms with van der Waals surface area (Å²) < 4.78 is 5.61. The second-order valence-electron chi connectivity index (χ2n) is 4.27. The minimum Gasteiger partial charge on any atom is -0.489 e. The lowest BCUT2D eigenvalue weighted by Crippen LogP contribution is -2.01. The van der Waals surface area contributed by atoms with E-state index in [0.29, 0.717) is 26.9 Å². The van der Waals surface area contributed by atoms with Gasteiger partial charge >= 0.3 is 5.97 Å². The van der Waals surface area contributed by atoms with Crippen LogP contribution in [0, 0.1) is 6.92 Å². The summed E-state index contributed by atoms with van der Waals surface area (Å²) in [5, 5.41) is 10.0. The molecule has 2 aromatic carbocycles. The summed E-state index contributed by atoms with van der Waals surface area (Å²) in [7, 11) is 0. The van der Waals surface area contributed by atoms with Gasteiger partial charge < -0.3 is 9.84 Å². The third-order valence-electron chi connectivity index (χ3n) is 2.87. The molecule has 1 N–H and O–H groups in total. The highest BCUT2D eigenvalue weighted by molar-refractivity contribution is 6.35. The van der Waals surface area contributed by atoms with Gasteiger partial charge in [-0.1, -0.05) is 29.3 Å². The molecular formula is C15H12Cl2O3. The third kappa shape index (κ3) is 3.24. The fourth-order valence-electron chi connectivity index (χ4n) is 1.79. The average molecular weight is 311 g/mol. The minimum atomic E-state index is -0.955. The number of aromatic carboxylic acids is 1. The van der Waals surface area contributed by atoms with Gasteiger partial charge in [-0.3, -0.25) is 0 Å². The molecule has 0 saturated heterocycles. The van der Waals surface area contributed by atoms with E-state index in [1.54, 1.807) is 37.3 Å². The Kier molecular flexibility index (Phi) is 4.53. The maximum absolute atomic E-state index is 10.9. The fraction of sp³-hybridized carbons (Fsp3) is 0.133. The molecule has 0 bridgehead atoms. The van der Waals surface area contributed by atoms with Gasteiger partial charge in [0.15, 0.2) is 0 Å². The standard InChI is InChI=1S/C15H12Cl2O3/c1-9-7-10(5-6-11(9)15(18)19)20-8-12-13(16)3-2-4-14(12)17/h2-7H,8H2,1H3,(H,18,19). The van der Waals surface area contributed by atoms with Gasteiger partial charge in [0.25, 0.3) is 0 Å². The van der Waals surface area contributed by atoms with E-state index in [0.717, 1.165) is 0 Å². The largest absolute Gasteiger partial charge is 0.489 e. The first-order valence-corrected chi connectivity index (χ1v) is 6.64. The maximum Gasteiger partial charge on any atom is 0.335 e. The summed E-state index contributed by atoms with van der Waals surface area (Å²) in [6.45, 7) is 1.95. The molecule has 5 heteroatoms. The van der Waals surface area contributed by atoms with Crippen LogP contribution in [0.5, 0.6) is 5.75 Å². The average Bonchev–Trinajstić information content (AvgIpc) is 2.37. The lowest BCUT2D eigenvalue weighted by Gasteiger charge is -2.10. The number of hydrogen-bond donors (Lipinski definition) is 1. The molecule has 0 aromatic heterocycles. The number of ether oxygens (including phenoxy) is 1. The summed E-state index contributed by atoms with van der Waals surface area (Å²) in [4.78, 5) is 10.9. The first-order valence-electron chi connectivity index (χ1n) is 5.88. The SMILES string of the molecule is Cc1cc(OCc2c(Cl)cccc2Cl)ccc1C(=O)O. The normalized spacial score (nSPS) is 10.3. The number of halogens is 2. The summed E-state index contributed by atoms with van der Waals surface area (Å²) in [5.74, 6) is -0.383. The molecule has 0 radical (unpaired) electrons. The molecular weight excluding hydrogens is 299 g/mol. The van der Waals surface area contributed by atoms with Crippen LogP contribution >= 0.6 is 23.2 Å². The van der Waals surface area contributed by atoms with Gasteiger partial charge in [0, 0.05) is 15.6 Å². The van der Waals surface area contributed by atoms with Crippen molar-refractivity contribution in [2.75, 3.05) is 0 Å². The molecule has 0 saturated carbocycles. The minimum absolute atomic E-state index is 0.227. The Labute approximate surface area is 126 Å². The van der Waals surface area contributed by atoms with E-state index in [2.05, 4.69) is 0 Å². The molecule has 20 heavy (non-hydrogen) atoms. The fourth-order valence-corrected chi connectivity index (χ4v) is 2.30. The topological polar surface area (TPSA) is 46.5 Å². The lowest BCUT2D eigenvalue weighted by molar-refractivity contribution is 0.0696. The van der Waals surface area contributed by atoms with Crippen molar-refractivity contribution in [2.24, 2.45) is 0 Å². The van der Waals surface area contributed by atoms with Crippen molar-refractivity contribution in [1.29, 1.82) is 0 Å². The number of aryl methyl sites for hydroxylation is 1. The summed E-state index contributed by atoms with van der Waals surface area (Å²) in [6, 6.07) is 10.0. The molecule has 2 rings (SSSR count). The zero-order valence-corrected chi connectivity index (χ0v) is 12.2. The maximum atomic E-state index is 10.9. The van der Waals surface area contributed by atoms with Crippen LogP contribution < -0.4 is 4.74 Å². The van der Waals surface area contributed by atoms with E-state index in [1.165, 1.54) is 6.07 Å².